The zero-order valence-electron chi connectivity index (χ0n) is 7.46. The zero-order chi connectivity index (χ0) is 10.6. The van der Waals surface area contributed by atoms with Crippen molar-refractivity contribution in [1.29, 1.82) is 0 Å². The standard InChI is InChI=1S/C9H9Cl2NO2/c1-12-9(13)14-8(11)6-3-2-4-7(10)5-6/h2-5,8H,1H3,(H,12,13). The number of ether oxygens (including phenoxy) is 1. The van der Waals surface area contributed by atoms with Crippen molar-refractivity contribution in [3.8, 4) is 0 Å². The van der Waals surface area contributed by atoms with E-state index in [1.807, 2.05) is 0 Å². The van der Waals surface area contributed by atoms with E-state index in [0.29, 0.717) is 10.6 Å². The second kappa shape index (κ2) is 5.08. The lowest BCUT2D eigenvalue weighted by molar-refractivity contribution is 0.135. The third kappa shape index (κ3) is 3.09. The van der Waals surface area contributed by atoms with E-state index in [9.17, 15) is 4.79 Å². The van der Waals surface area contributed by atoms with Gasteiger partial charge in [-0.3, -0.25) is 0 Å². The van der Waals surface area contributed by atoms with Crippen molar-refractivity contribution in [2.45, 2.75) is 5.56 Å². The number of amides is 1. The van der Waals surface area contributed by atoms with Gasteiger partial charge in [0, 0.05) is 17.6 Å². The number of alkyl carbamates (subject to hydrolysis) is 1. The number of benzene rings is 1. The van der Waals surface area contributed by atoms with Gasteiger partial charge in [-0.15, -0.1) is 0 Å². The van der Waals surface area contributed by atoms with Gasteiger partial charge in [0.2, 0.25) is 5.56 Å². The molecular formula is C9H9Cl2NO2. The van der Waals surface area contributed by atoms with Crippen LogP contribution in [-0.4, -0.2) is 13.1 Å². The van der Waals surface area contributed by atoms with Gasteiger partial charge in [-0.1, -0.05) is 35.3 Å². The van der Waals surface area contributed by atoms with E-state index in [0.717, 1.165) is 0 Å². The van der Waals surface area contributed by atoms with Gasteiger partial charge >= 0.3 is 6.09 Å². The van der Waals surface area contributed by atoms with Crippen LogP contribution in [0.5, 0.6) is 0 Å². The van der Waals surface area contributed by atoms with Gasteiger partial charge < -0.3 is 10.1 Å². The molecule has 1 amide bonds. The largest absolute Gasteiger partial charge is 0.425 e. The van der Waals surface area contributed by atoms with E-state index in [1.54, 1.807) is 24.3 Å². The smallest absolute Gasteiger partial charge is 0.408 e. The zero-order valence-corrected chi connectivity index (χ0v) is 8.97. The molecule has 1 unspecified atom stereocenters. The molecule has 1 N–H and O–H groups in total. The number of nitrogens with one attached hydrogen (secondary N) is 1. The highest BCUT2D eigenvalue weighted by Gasteiger charge is 2.12. The molecule has 0 fully saturated rings. The fourth-order valence-electron chi connectivity index (χ4n) is 0.869. The molecule has 0 aliphatic heterocycles. The first-order valence-electron chi connectivity index (χ1n) is 3.91. The first-order chi connectivity index (χ1) is 6.63. The molecule has 0 aromatic heterocycles. The van der Waals surface area contributed by atoms with E-state index in [2.05, 4.69) is 5.32 Å². The molecule has 0 aliphatic carbocycles. The Kier molecular flexibility index (Phi) is 4.04. The summed E-state index contributed by atoms with van der Waals surface area (Å²) in [7, 11) is 1.46. The molecule has 14 heavy (non-hydrogen) atoms. The van der Waals surface area contributed by atoms with Crippen LogP contribution in [0, 0.1) is 0 Å². The average Bonchev–Trinajstić information content (AvgIpc) is 2.17. The highest BCUT2D eigenvalue weighted by Crippen LogP contribution is 2.24. The Morgan fingerprint density at radius 2 is 2.29 bits per heavy atom. The van der Waals surface area contributed by atoms with Gasteiger partial charge in [0.1, 0.15) is 0 Å². The Morgan fingerprint density at radius 1 is 1.57 bits per heavy atom. The van der Waals surface area contributed by atoms with Crippen LogP contribution in [0.25, 0.3) is 0 Å². The highest BCUT2D eigenvalue weighted by atomic mass is 35.5. The van der Waals surface area contributed by atoms with Crippen LogP contribution in [0.3, 0.4) is 0 Å². The van der Waals surface area contributed by atoms with Crippen LogP contribution in [0.1, 0.15) is 11.1 Å². The maximum absolute atomic E-state index is 10.8. The van der Waals surface area contributed by atoms with Crippen molar-refractivity contribution < 1.29 is 9.53 Å². The second-order valence-corrected chi connectivity index (χ2v) is 3.36. The molecule has 0 spiro atoms. The molecule has 0 saturated carbocycles. The molecule has 0 aliphatic rings. The predicted octanol–water partition coefficient (Wildman–Crippen LogP) is 2.93. The number of hydrogen-bond donors (Lipinski definition) is 1. The number of halogens is 2. The van der Waals surface area contributed by atoms with E-state index in [4.69, 9.17) is 27.9 Å². The van der Waals surface area contributed by atoms with Crippen LogP contribution in [0.15, 0.2) is 24.3 Å². The molecule has 1 aromatic carbocycles. The first-order valence-corrected chi connectivity index (χ1v) is 4.73. The van der Waals surface area contributed by atoms with Crippen molar-refractivity contribution in [2.24, 2.45) is 0 Å². The first kappa shape index (κ1) is 11.1. The summed E-state index contributed by atoms with van der Waals surface area (Å²) in [5, 5.41) is 2.85. The minimum Gasteiger partial charge on any atom is -0.425 e. The van der Waals surface area contributed by atoms with Gasteiger partial charge in [0.25, 0.3) is 0 Å². The fraction of sp³-hybridized carbons (Fsp3) is 0.222. The summed E-state index contributed by atoms with van der Waals surface area (Å²) in [5.74, 6) is 0. The summed E-state index contributed by atoms with van der Waals surface area (Å²) in [5.41, 5.74) is -0.184. The number of hydrogen-bond acceptors (Lipinski definition) is 2. The third-order valence-electron chi connectivity index (χ3n) is 1.53. The molecule has 5 heteroatoms. The predicted molar refractivity (Wildman–Crippen MR) is 55.6 cm³/mol. The van der Waals surface area contributed by atoms with Crippen LogP contribution in [0.2, 0.25) is 5.02 Å². The van der Waals surface area contributed by atoms with Crippen LogP contribution in [0.4, 0.5) is 4.79 Å². The molecule has 3 nitrogen and oxygen atoms in total. The van der Waals surface area contributed by atoms with E-state index in [-0.39, 0.29) is 0 Å². The fourth-order valence-corrected chi connectivity index (χ4v) is 1.28. The van der Waals surface area contributed by atoms with Crippen LogP contribution >= 0.6 is 23.2 Å². The SMILES string of the molecule is CNC(=O)OC(Cl)c1cccc(Cl)c1. The number of alkyl halides is 1. The lowest BCUT2D eigenvalue weighted by Crippen LogP contribution is -2.20. The van der Waals surface area contributed by atoms with Crippen molar-refractivity contribution in [2.75, 3.05) is 7.05 Å². The maximum atomic E-state index is 10.8. The third-order valence-corrected chi connectivity index (χ3v) is 2.10. The normalized spacial score (nSPS) is 11.9. The van der Waals surface area contributed by atoms with Gasteiger partial charge in [-0.05, 0) is 12.1 Å². The summed E-state index contributed by atoms with van der Waals surface area (Å²) in [6.07, 6.45) is -0.579. The maximum Gasteiger partial charge on any atom is 0.408 e. The average molecular weight is 234 g/mol. The van der Waals surface area contributed by atoms with Crippen molar-refractivity contribution >= 4 is 29.3 Å². The molecule has 0 radical (unpaired) electrons. The lowest BCUT2D eigenvalue weighted by Gasteiger charge is -2.10. The molecule has 0 bridgehead atoms. The molecular weight excluding hydrogens is 225 g/mol. The summed E-state index contributed by atoms with van der Waals surface area (Å²) >= 11 is 11.6. The molecule has 0 saturated heterocycles. The molecule has 1 rings (SSSR count). The Balaban J connectivity index is 2.69. The Bertz CT molecular complexity index is 330. The highest BCUT2D eigenvalue weighted by molar-refractivity contribution is 6.30. The molecule has 1 atom stereocenters. The summed E-state index contributed by atoms with van der Waals surface area (Å²) in [6.45, 7) is 0. The second-order valence-electron chi connectivity index (χ2n) is 2.53. The molecule has 0 heterocycles. The Morgan fingerprint density at radius 3 is 2.86 bits per heavy atom. The molecule has 1 aromatic rings. The molecule has 76 valence electrons. The Hall–Kier alpha value is -0.930. The minimum absolute atomic E-state index is 0.550. The van der Waals surface area contributed by atoms with E-state index >= 15 is 0 Å². The number of carbonyl (C=O) groups is 1. The Labute approximate surface area is 92.0 Å². The quantitative estimate of drug-likeness (QED) is 0.799. The number of rotatable bonds is 2. The van der Waals surface area contributed by atoms with Crippen molar-refractivity contribution in [3.63, 3.8) is 0 Å². The van der Waals surface area contributed by atoms with Gasteiger partial charge in [0.15, 0.2) is 0 Å². The monoisotopic (exact) mass is 233 g/mol. The summed E-state index contributed by atoms with van der Waals surface area (Å²) in [6, 6.07) is 6.82. The van der Waals surface area contributed by atoms with Crippen LogP contribution in [-0.2, 0) is 4.74 Å². The van der Waals surface area contributed by atoms with Crippen molar-refractivity contribution in [1.82, 2.24) is 5.32 Å². The topological polar surface area (TPSA) is 38.3 Å². The van der Waals surface area contributed by atoms with Gasteiger partial charge in [0.05, 0.1) is 0 Å². The van der Waals surface area contributed by atoms with E-state index in [1.165, 1.54) is 7.05 Å². The van der Waals surface area contributed by atoms with Gasteiger partial charge in [-0.25, -0.2) is 4.79 Å². The lowest BCUT2D eigenvalue weighted by atomic mass is 10.2. The van der Waals surface area contributed by atoms with E-state index < -0.39 is 11.7 Å². The van der Waals surface area contributed by atoms with Gasteiger partial charge in [-0.2, -0.15) is 0 Å². The minimum atomic E-state index is -0.825. The summed E-state index contributed by atoms with van der Waals surface area (Å²) in [4.78, 5) is 10.8. The summed E-state index contributed by atoms with van der Waals surface area (Å²) < 4.78 is 4.80. The number of carbonyl (C=O) groups excluding carboxylic acids is 1. The van der Waals surface area contributed by atoms with Crippen LogP contribution < -0.4 is 5.32 Å². The van der Waals surface area contributed by atoms with Crippen molar-refractivity contribution in [3.05, 3.63) is 34.9 Å².